The number of carbonyl (C=O) groups is 1. The molecule has 4 rings (SSSR count). The van der Waals surface area contributed by atoms with Gasteiger partial charge in [0.05, 0.1) is 28.4 Å². The van der Waals surface area contributed by atoms with Gasteiger partial charge in [0.2, 0.25) is 5.91 Å². The van der Waals surface area contributed by atoms with Crippen LogP contribution >= 0.6 is 11.8 Å². The molecule has 0 unspecified atom stereocenters. The van der Waals surface area contributed by atoms with Gasteiger partial charge in [0.15, 0.2) is 5.16 Å². The first-order valence-corrected chi connectivity index (χ1v) is 11.6. The summed E-state index contributed by atoms with van der Waals surface area (Å²) in [4.78, 5) is 30.7. The molecule has 5 nitrogen and oxygen atoms in total. The standard InChI is InChI=1S/C26H25N3O2S/c1-3-19-13-15-21(16-14-19)29-25(31)22-11-7-8-12-23(22)28-26(29)32-17-24(30)27-18(2)20-9-5-4-6-10-20/h4-16,18H,3,17H2,1-2H3,(H,27,30)/t18-/m0/s1. The van der Waals surface area contributed by atoms with Crippen LogP contribution in [0, 0.1) is 0 Å². The number of carbonyl (C=O) groups excluding carboxylic acids is 1. The maximum atomic E-state index is 13.3. The van der Waals surface area contributed by atoms with Crippen molar-refractivity contribution < 1.29 is 4.79 Å². The molecule has 0 aliphatic heterocycles. The van der Waals surface area contributed by atoms with Gasteiger partial charge in [0.1, 0.15) is 0 Å². The highest BCUT2D eigenvalue weighted by Crippen LogP contribution is 2.22. The molecule has 0 aliphatic rings. The van der Waals surface area contributed by atoms with Crippen molar-refractivity contribution in [1.82, 2.24) is 14.9 Å². The first-order valence-electron chi connectivity index (χ1n) is 10.6. The molecule has 0 radical (unpaired) electrons. The van der Waals surface area contributed by atoms with E-state index in [1.165, 1.54) is 17.3 Å². The minimum absolute atomic E-state index is 0.0994. The number of hydrogen-bond donors (Lipinski definition) is 1. The Balaban J connectivity index is 1.62. The molecule has 0 saturated heterocycles. The SMILES string of the molecule is CCc1ccc(-n2c(SCC(=O)N[C@@H](C)c3ccccc3)nc3ccccc3c2=O)cc1. The van der Waals surface area contributed by atoms with E-state index in [1.54, 1.807) is 10.6 Å². The van der Waals surface area contributed by atoms with Crippen molar-refractivity contribution in [2.24, 2.45) is 0 Å². The molecule has 0 saturated carbocycles. The van der Waals surface area contributed by atoms with Crippen molar-refractivity contribution in [3.8, 4) is 5.69 Å². The second-order valence-electron chi connectivity index (χ2n) is 7.56. The van der Waals surface area contributed by atoms with Gasteiger partial charge in [0.25, 0.3) is 5.56 Å². The third-order valence-electron chi connectivity index (χ3n) is 5.36. The Bertz CT molecular complexity index is 1280. The zero-order valence-corrected chi connectivity index (χ0v) is 18.9. The van der Waals surface area contributed by atoms with Crippen LogP contribution in [0.25, 0.3) is 16.6 Å². The summed E-state index contributed by atoms with van der Waals surface area (Å²) in [6, 6.07) is 24.9. The summed E-state index contributed by atoms with van der Waals surface area (Å²) in [5.74, 6) is 0.0521. The molecule has 0 fully saturated rings. The van der Waals surface area contributed by atoms with Crippen LogP contribution in [-0.4, -0.2) is 21.2 Å². The Morgan fingerprint density at radius 1 is 1.00 bits per heavy atom. The van der Waals surface area contributed by atoms with Gasteiger partial charge in [-0.25, -0.2) is 4.98 Å². The highest BCUT2D eigenvalue weighted by Gasteiger charge is 2.16. The molecule has 1 atom stereocenters. The molecule has 0 bridgehead atoms. The first kappa shape index (κ1) is 21.8. The molecule has 1 aromatic heterocycles. The Kier molecular flexibility index (Phi) is 6.71. The van der Waals surface area contributed by atoms with Gasteiger partial charge in [-0.15, -0.1) is 0 Å². The molecule has 6 heteroatoms. The second-order valence-corrected chi connectivity index (χ2v) is 8.50. The number of nitrogens with zero attached hydrogens (tertiary/aromatic N) is 2. The van der Waals surface area contributed by atoms with Gasteiger partial charge in [0, 0.05) is 0 Å². The van der Waals surface area contributed by atoms with Crippen LogP contribution in [0.5, 0.6) is 0 Å². The lowest BCUT2D eigenvalue weighted by Crippen LogP contribution is -2.29. The van der Waals surface area contributed by atoms with Crippen LogP contribution < -0.4 is 10.9 Å². The quantitative estimate of drug-likeness (QED) is 0.325. The summed E-state index contributed by atoms with van der Waals surface area (Å²) in [5.41, 5.74) is 3.47. The third-order valence-corrected chi connectivity index (χ3v) is 6.30. The number of hydrogen-bond acceptors (Lipinski definition) is 4. The normalized spacial score (nSPS) is 11.9. The smallest absolute Gasteiger partial charge is 0.266 e. The van der Waals surface area contributed by atoms with Crippen molar-refractivity contribution >= 4 is 28.6 Å². The number of amides is 1. The maximum absolute atomic E-state index is 13.3. The summed E-state index contributed by atoms with van der Waals surface area (Å²) >= 11 is 1.27. The van der Waals surface area contributed by atoms with Gasteiger partial charge < -0.3 is 5.32 Å². The van der Waals surface area contributed by atoms with E-state index in [0.29, 0.717) is 16.1 Å². The number of benzene rings is 3. The Labute approximate surface area is 191 Å². The lowest BCUT2D eigenvalue weighted by Gasteiger charge is -2.16. The summed E-state index contributed by atoms with van der Waals surface area (Å²) in [5, 5.41) is 4.07. The fourth-order valence-corrected chi connectivity index (χ4v) is 4.38. The van der Waals surface area contributed by atoms with Crippen molar-refractivity contribution in [3.63, 3.8) is 0 Å². The van der Waals surface area contributed by atoms with Crippen molar-refractivity contribution in [2.75, 3.05) is 5.75 Å². The highest BCUT2D eigenvalue weighted by atomic mass is 32.2. The fourth-order valence-electron chi connectivity index (χ4n) is 3.56. The molecule has 1 N–H and O–H groups in total. The van der Waals surface area contributed by atoms with Crippen LogP contribution in [0.3, 0.4) is 0 Å². The van der Waals surface area contributed by atoms with Crippen molar-refractivity contribution in [2.45, 2.75) is 31.5 Å². The van der Waals surface area contributed by atoms with Gasteiger partial charge in [-0.2, -0.15) is 0 Å². The van der Waals surface area contributed by atoms with Crippen LogP contribution in [0.4, 0.5) is 0 Å². The molecule has 0 spiro atoms. The number of nitrogens with one attached hydrogen (secondary N) is 1. The zero-order valence-electron chi connectivity index (χ0n) is 18.1. The first-order chi connectivity index (χ1) is 15.6. The lowest BCUT2D eigenvalue weighted by molar-refractivity contribution is -0.119. The molecule has 0 aliphatic carbocycles. The van der Waals surface area contributed by atoms with Gasteiger partial charge >= 0.3 is 0 Å². The molecule has 32 heavy (non-hydrogen) atoms. The van der Waals surface area contributed by atoms with E-state index in [-0.39, 0.29) is 23.3 Å². The summed E-state index contributed by atoms with van der Waals surface area (Å²) in [6.07, 6.45) is 0.923. The third kappa shape index (κ3) is 4.75. The maximum Gasteiger partial charge on any atom is 0.266 e. The van der Waals surface area contributed by atoms with Crippen LogP contribution in [0.15, 0.2) is 88.8 Å². The van der Waals surface area contributed by atoms with Crippen LogP contribution in [-0.2, 0) is 11.2 Å². The molecule has 1 amide bonds. The average molecular weight is 444 g/mol. The van der Waals surface area contributed by atoms with E-state index < -0.39 is 0 Å². The zero-order chi connectivity index (χ0) is 22.5. The molecular weight excluding hydrogens is 418 g/mol. The molecule has 3 aromatic carbocycles. The number of thioether (sulfide) groups is 1. The number of para-hydroxylation sites is 1. The minimum atomic E-state index is -0.139. The minimum Gasteiger partial charge on any atom is -0.349 e. The highest BCUT2D eigenvalue weighted by molar-refractivity contribution is 7.99. The monoisotopic (exact) mass is 443 g/mol. The molecule has 162 valence electrons. The van der Waals surface area contributed by atoms with E-state index in [2.05, 4.69) is 12.2 Å². The van der Waals surface area contributed by atoms with E-state index in [9.17, 15) is 9.59 Å². The average Bonchev–Trinajstić information content (AvgIpc) is 2.83. The summed E-state index contributed by atoms with van der Waals surface area (Å²) < 4.78 is 1.60. The molecule has 4 aromatic rings. The Hall–Kier alpha value is -3.38. The number of fused-ring (bicyclic) bond motifs is 1. The summed E-state index contributed by atoms with van der Waals surface area (Å²) in [7, 11) is 0. The van der Waals surface area contributed by atoms with Gasteiger partial charge in [-0.05, 0) is 48.7 Å². The van der Waals surface area contributed by atoms with Crippen LogP contribution in [0.2, 0.25) is 0 Å². The molecular formula is C26H25N3O2S. The second kappa shape index (κ2) is 9.83. The topological polar surface area (TPSA) is 64.0 Å². The fraction of sp³-hybridized carbons (Fsp3) is 0.192. The Morgan fingerprint density at radius 2 is 1.69 bits per heavy atom. The number of aromatic nitrogens is 2. The Morgan fingerprint density at radius 3 is 2.41 bits per heavy atom. The van der Waals surface area contributed by atoms with Crippen molar-refractivity contribution in [3.05, 3.63) is 100 Å². The number of aryl methyl sites for hydroxylation is 1. The van der Waals surface area contributed by atoms with E-state index in [4.69, 9.17) is 4.98 Å². The van der Waals surface area contributed by atoms with E-state index in [1.807, 2.05) is 79.7 Å². The molecule has 1 heterocycles. The lowest BCUT2D eigenvalue weighted by atomic mass is 10.1. The predicted molar refractivity (Wildman–Crippen MR) is 130 cm³/mol. The largest absolute Gasteiger partial charge is 0.349 e. The van der Waals surface area contributed by atoms with E-state index >= 15 is 0 Å². The van der Waals surface area contributed by atoms with E-state index in [0.717, 1.165) is 17.7 Å². The van der Waals surface area contributed by atoms with Gasteiger partial charge in [-0.1, -0.05) is 73.3 Å². The number of rotatable bonds is 7. The summed E-state index contributed by atoms with van der Waals surface area (Å²) in [6.45, 7) is 4.05. The van der Waals surface area contributed by atoms with Crippen LogP contribution in [0.1, 0.15) is 31.0 Å². The van der Waals surface area contributed by atoms with Gasteiger partial charge in [-0.3, -0.25) is 14.2 Å². The predicted octanol–water partition coefficient (Wildman–Crippen LogP) is 4.92. The van der Waals surface area contributed by atoms with Crippen molar-refractivity contribution in [1.29, 1.82) is 0 Å².